The molecule has 0 aliphatic carbocycles. The van der Waals surface area contributed by atoms with Gasteiger partial charge in [0.15, 0.2) is 6.23 Å². The van der Waals surface area contributed by atoms with Crippen LogP contribution in [0.15, 0.2) is 21.9 Å². The minimum Gasteiger partial charge on any atom is -0.394 e. The van der Waals surface area contributed by atoms with Crippen molar-refractivity contribution >= 4 is 27.8 Å². The van der Waals surface area contributed by atoms with Crippen molar-refractivity contribution in [1.82, 2.24) is 14.9 Å². The zero-order chi connectivity index (χ0) is 31.0. The molecular weight excluding hydrogens is 596 g/mol. The van der Waals surface area contributed by atoms with Gasteiger partial charge in [0.2, 0.25) is 5.91 Å². The summed E-state index contributed by atoms with van der Waals surface area (Å²) in [5.74, 6) is -0.558. The highest BCUT2D eigenvalue weighted by Crippen LogP contribution is 2.57. The fourth-order valence-electron chi connectivity index (χ4n) is 3.03. The molecule has 9 atom stereocenters. The number of nitrogens with one attached hydrogen (secondary N) is 2. The molecule has 1 amide bonds. The van der Waals surface area contributed by atoms with Gasteiger partial charge in [-0.2, -0.15) is 4.31 Å². The number of hydrogen-bond donors (Lipinski definition) is 11. The molecule has 1 saturated heterocycles. The number of H-pyrrole nitrogens is 1. The molecule has 1 aliphatic rings. The lowest BCUT2D eigenvalue weighted by atomic mass is 10.0. The standard InChI is InChI=1S/C9H14N2O12P2.C8H15NO6/c12-5-1-2-11(9(15)10-5)8-7(14)6(13)4(22-8)3-21-25(19,20)23-24(16,17)18;1-4(12)9-5(2-10)7(14)8(15)6(13)3-11/h1-2,4,6-8,13-14H,3H2,(H,19,20)(H,10,12,15)(H2,16,17,18);2,5-8,11,13-15H,3H2,1H3,(H,9,12). The second-order valence-corrected chi connectivity index (χ2v) is 10.8. The third-order valence-corrected chi connectivity index (χ3v) is 7.04. The lowest BCUT2D eigenvalue weighted by Gasteiger charge is -2.25. The fraction of sp³-hybridized carbons (Fsp3) is 0.647. The summed E-state index contributed by atoms with van der Waals surface area (Å²) in [6.45, 7) is -0.525. The number of hydrogen-bond acceptors (Lipinski definition) is 15. The van der Waals surface area contributed by atoms with Crippen molar-refractivity contribution in [1.29, 1.82) is 0 Å². The molecule has 2 heterocycles. The first-order valence-corrected chi connectivity index (χ1v) is 13.8. The second kappa shape index (κ2) is 15.1. The SMILES string of the molecule is CC(=O)NC(C=O)C(O)C(O)C(O)CO.O=c1ccn(C2OC(COP(=O)(O)OP(=O)(O)O)C(O)C2O)c(=O)[nH]1. The van der Waals surface area contributed by atoms with Gasteiger partial charge >= 0.3 is 21.3 Å². The van der Waals surface area contributed by atoms with E-state index in [2.05, 4.69) is 14.2 Å². The summed E-state index contributed by atoms with van der Waals surface area (Å²) in [4.78, 5) is 71.8. The Kier molecular flexibility index (Phi) is 13.6. The number of carbonyl (C=O) groups is 2. The van der Waals surface area contributed by atoms with Crippen molar-refractivity contribution in [3.05, 3.63) is 33.1 Å². The van der Waals surface area contributed by atoms with Crippen LogP contribution in [0.5, 0.6) is 0 Å². The van der Waals surface area contributed by atoms with Gasteiger partial charge in [-0.3, -0.25) is 23.7 Å². The molecule has 0 aromatic carbocycles. The fourth-order valence-corrected chi connectivity index (χ4v) is 4.63. The Morgan fingerprint density at radius 1 is 1.18 bits per heavy atom. The number of aliphatic hydroxyl groups excluding tert-OH is 6. The molecule has 0 saturated carbocycles. The van der Waals surface area contributed by atoms with Crippen molar-refractivity contribution in [2.24, 2.45) is 0 Å². The highest BCUT2D eigenvalue weighted by Gasteiger charge is 2.45. The van der Waals surface area contributed by atoms with E-state index >= 15 is 0 Å². The minimum absolute atomic E-state index is 0.235. The molecule has 21 nitrogen and oxygen atoms in total. The van der Waals surface area contributed by atoms with Gasteiger partial charge in [-0.1, -0.05) is 0 Å². The molecule has 9 unspecified atom stereocenters. The Bertz CT molecular complexity index is 1200. The number of amides is 1. The summed E-state index contributed by atoms with van der Waals surface area (Å²) < 4.78 is 35.6. The van der Waals surface area contributed by atoms with Crippen LogP contribution in [0.25, 0.3) is 0 Å². The van der Waals surface area contributed by atoms with Crippen molar-refractivity contribution in [3.63, 3.8) is 0 Å². The van der Waals surface area contributed by atoms with Gasteiger partial charge in [0, 0.05) is 19.2 Å². The van der Waals surface area contributed by atoms with E-state index in [0.717, 1.165) is 23.8 Å². The molecule has 1 fully saturated rings. The maximum absolute atomic E-state index is 11.7. The summed E-state index contributed by atoms with van der Waals surface area (Å²) >= 11 is 0. The van der Waals surface area contributed by atoms with E-state index in [9.17, 15) is 48.7 Å². The maximum atomic E-state index is 11.7. The number of phosphoric ester groups is 1. The molecule has 0 radical (unpaired) electrons. The predicted molar refractivity (Wildman–Crippen MR) is 125 cm³/mol. The van der Waals surface area contributed by atoms with E-state index in [1.807, 2.05) is 4.98 Å². The highest BCUT2D eigenvalue weighted by molar-refractivity contribution is 7.60. The average Bonchev–Trinajstić information content (AvgIpc) is 3.12. The van der Waals surface area contributed by atoms with Crippen LogP contribution in [0.3, 0.4) is 0 Å². The molecule has 1 aliphatic heterocycles. The van der Waals surface area contributed by atoms with Crippen LogP contribution in [0.2, 0.25) is 0 Å². The van der Waals surface area contributed by atoms with Crippen LogP contribution in [0.4, 0.5) is 0 Å². The summed E-state index contributed by atoms with van der Waals surface area (Å²) in [5.41, 5.74) is -1.65. The lowest BCUT2D eigenvalue weighted by molar-refractivity contribution is -0.129. The molecule has 0 spiro atoms. The van der Waals surface area contributed by atoms with Gasteiger partial charge in [0.1, 0.15) is 49.0 Å². The first-order valence-electron chi connectivity index (χ1n) is 10.8. The van der Waals surface area contributed by atoms with Gasteiger partial charge in [0.25, 0.3) is 5.56 Å². The maximum Gasteiger partial charge on any atom is 0.481 e. The highest BCUT2D eigenvalue weighted by atomic mass is 31.3. The molecule has 1 aromatic rings. The first-order chi connectivity index (χ1) is 18.3. The van der Waals surface area contributed by atoms with Crippen LogP contribution in [-0.4, -0.2) is 123 Å². The Labute approximate surface area is 223 Å². The van der Waals surface area contributed by atoms with Gasteiger partial charge in [-0.15, -0.1) is 0 Å². The molecule has 40 heavy (non-hydrogen) atoms. The molecule has 11 N–H and O–H groups in total. The van der Waals surface area contributed by atoms with Crippen LogP contribution < -0.4 is 16.6 Å². The molecule has 230 valence electrons. The summed E-state index contributed by atoms with van der Waals surface area (Å²) in [6, 6.07) is -0.359. The Morgan fingerprint density at radius 2 is 1.77 bits per heavy atom. The van der Waals surface area contributed by atoms with Crippen LogP contribution >= 0.6 is 15.6 Å². The van der Waals surface area contributed by atoms with E-state index in [-0.39, 0.29) is 6.29 Å². The average molecular weight is 625 g/mol. The number of nitrogens with zero attached hydrogens (tertiary/aromatic N) is 1. The quantitative estimate of drug-likeness (QED) is 0.0760. The normalized spacial score (nSPS) is 25.4. The van der Waals surface area contributed by atoms with E-state index < -0.39 is 94.9 Å². The van der Waals surface area contributed by atoms with Gasteiger partial charge in [-0.25, -0.2) is 13.9 Å². The monoisotopic (exact) mass is 625 g/mol. The number of aromatic nitrogens is 2. The minimum atomic E-state index is -5.32. The van der Waals surface area contributed by atoms with Gasteiger partial charge in [0.05, 0.1) is 13.2 Å². The van der Waals surface area contributed by atoms with Gasteiger partial charge in [-0.05, 0) is 0 Å². The molecule has 0 bridgehead atoms. The van der Waals surface area contributed by atoms with Crippen LogP contribution in [0, 0.1) is 0 Å². The number of carbonyl (C=O) groups excluding carboxylic acids is 2. The topological polar surface area (TPSA) is 345 Å². The number of aldehydes is 1. The number of phosphoric acid groups is 2. The predicted octanol–water partition coefficient (Wildman–Crippen LogP) is -5.85. The van der Waals surface area contributed by atoms with Crippen LogP contribution in [-0.2, 0) is 32.3 Å². The van der Waals surface area contributed by atoms with Crippen molar-refractivity contribution in [2.75, 3.05) is 13.2 Å². The van der Waals surface area contributed by atoms with E-state index in [1.54, 1.807) is 0 Å². The van der Waals surface area contributed by atoms with Crippen LogP contribution in [0.1, 0.15) is 13.2 Å². The Hall–Kier alpha value is -2.20. The van der Waals surface area contributed by atoms with Crippen molar-refractivity contribution < 1.29 is 77.6 Å². The number of aromatic amines is 1. The Balaban J connectivity index is 0.000000459. The van der Waals surface area contributed by atoms with Crippen molar-refractivity contribution in [3.8, 4) is 0 Å². The number of ether oxygens (including phenoxy) is 1. The molecule has 23 heteroatoms. The zero-order valence-electron chi connectivity index (χ0n) is 20.3. The third kappa shape index (κ3) is 11.0. The zero-order valence-corrected chi connectivity index (χ0v) is 22.1. The van der Waals surface area contributed by atoms with E-state index in [4.69, 9.17) is 29.6 Å². The first kappa shape index (κ1) is 35.8. The number of aliphatic hydroxyl groups is 6. The third-order valence-electron chi connectivity index (χ3n) is 4.89. The Morgan fingerprint density at radius 3 is 2.25 bits per heavy atom. The summed E-state index contributed by atoms with van der Waals surface area (Å²) in [7, 11) is -10.5. The second-order valence-electron chi connectivity index (χ2n) is 7.99. The van der Waals surface area contributed by atoms with Crippen molar-refractivity contribution in [2.45, 2.75) is 55.8 Å². The molecule has 2 rings (SSSR count). The van der Waals surface area contributed by atoms with Gasteiger partial charge < -0.3 is 60.2 Å². The molecule has 1 aromatic heterocycles. The van der Waals surface area contributed by atoms with E-state index in [1.165, 1.54) is 0 Å². The summed E-state index contributed by atoms with van der Waals surface area (Å²) in [5, 5.41) is 57.9. The smallest absolute Gasteiger partial charge is 0.394 e. The lowest BCUT2D eigenvalue weighted by Crippen LogP contribution is -2.53. The summed E-state index contributed by atoms with van der Waals surface area (Å²) in [6.07, 6.45) is -9.97. The molecular formula is C17H29N3O18P2. The van der Waals surface area contributed by atoms with E-state index in [0.29, 0.717) is 0 Å². The number of rotatable bonds is 12. The largest absolute Gasteiger partial charge is 0.481 e.